The van der Waals surface area contributed by atoms with Crippen LogP contribution in [0.25, 0.3) is 0 Å². The summed E-state index contributed by atoms with van der Waals surface area (Å²) in [7, 11) is 0. The summed E-state index contributed by atoms with van der Waals surface area (Å²) in [5.74, 6) is -0.902. The minimum Gasteiger partial charge on any atom is -0.508 e. The van der Waals surface area contributed by atoms with E-state index >= 15 is 0 Å². The van der Waals surface area contributed by atoms with Crippen LogP contribution < -0.4 is 16.2 Å². The molecule has 3 aromatic carbocycles. The summed E-state index contributed by atoms with van der Waals surface area (Å²) in [5.41, 5.74) is 11.7. The number of isothiocyanates is 1. The lowest BCUT2D eigenvalue weighted by atomic mass is 9.76. The van der Waals surface area contributed by atoms with Crippen LogP contribution in [0.15, 0.2) is 53.5 Å². The Hall–Kier alpha value is -4.08. The summed E-state index contributed by atoms with van der Waals surface area (Å²) in [5, 5.41) is 22.5. The summed E-state index contributed by atoms with van der Waals surface area (Å²) in [4.78, 5) is 31.2. The van der Waals surface area contributed by atoms with Crippen molar-refractivity contribution in [3.05, 3.63) is 76.3 Å². The molecule has 2 aliphatic heterocycles. The number of aromatic hydroxyl groups is 2. The van der Waals surface area contributed by atoms with Gasteiger partial charge < -0.3 is 31.2 Å². The lowest BCUT2D eigenvalue weighted by molar-refractivity contribution is 0.0223. The normalized spacial score (nSPS) is 15.0. The Kier molecular flexibility index (Phi) is 6.26. The second kappa shape index (κ2) is 9.42. The van der Waals surface area contributed by atoms with Gasteiger partial charge in [0.15, 0.2) is 11.4 Å². The number of nitrogens with zero attached hydrogens (tertiary/aromatic N) is 1. The molecule has 0 aliphatic carbocycles. The largest absolute Gasteiger partial charge is 0.508 e. The number of phenolic OH excluding ortho intramolecular Hbond substituents is 2. The fourth-order valence-electron chi connectivity index (χ4n) is 5.00. The van der Waals surface area contributed by atoms with E-state index < -0.39 is 23.4 Å². The number of hydrogen-bond acceptors (Lipinski definition) is 10. The molecule has 2 heterocycles. The van der Waals surface area contributed by atoms with Gasteiger partial charge in [0.1, 0.15) is 23.0 Å². The Balaban J connectivity index is 1.78. The van der Waals surface area contributed by atoms with Crippen LogP contribution in [0, 0.1) is 0 Å². The number of carbonyl (C=O) groups excluding carboxylic acids is 2. The number of Topliss-reactive ketones (excluding diaryl/α,β-unsaturated/α-hetero) is 1. The molecule has 3 aromatic rings. The Morgan fingerprint density at radius 3 is 2.24 bits per heavy atom. The van der Waals surface area contributed by atoms with Gasteiger partial charge in [0.25, 0.3) is 0 Å². The molecule has 0 saturated heterocycles. The molecule has 0 fully saturated rings. The summed E-state index contributed by atoms with van der Waals surface area (Å²) in [6.07, 6.45) is 1.72. The fraction of sp³-hybridized carbons (Fsp3) is 0.222. The number of unbranched alkanes of at least 4 members (excludes halogenated alkanes) is 1. The first-order chi connectivity index (χ1) is 17.8. The molecule has 0 unspecified atom stereocenters. The number of nitrogens with two attached hydrogens (primary N) is 2. The highest BCUT2D eigenvalue weighted by atomic mass is 32.1. The van der Waals surface area contributed by atoms with E-state index in [2.05, 4.69) is 10.2 Å². The zero-order valence-electron chi connectivity index (χ0n) is 19.6. The predicted molar refractivity (Wildman–Crippen MR) is 138 cm³/mol. The molecule has 2 aliphatic rings. The number of phenols is 2. The Morgan fingerprint density at radius 2 is 1.65 bits per heavy atom. The van der Waals surface area contributed by atoms with E-state index in [9.17, 15) is 19.8 Å². The van der Waals surface area contributed by atoms with Crippen molar-refractivity contribution in [3.63, 3.8) is 0 Å². The Morgan fingerprint density at radius 1 is 1.03 bits per heavy atom. The van der Waals surface area contributed by atoms with Crippen LogP contribution in [0.1, 0.15) is 56.7 Å². The van der Waals surface area contributed by atoms with Gasteiger partial charge >= 0.3 is 5.97 Å². The molecule has 9 nitrogen and oxygen atoms in total. The van der Waals surface area contributed by atoms with Crippen molar-refractivity contribution in [3.8, 4) is 23.0 Å². The standard InChI is InChI=1S/C27H23N3O6S/c28-10-2-1-3-19(29)25(33)24-20(30-13-37)9-8-18-23(24)26(34)36-27(18)16-6-4-14(31)11-21(16)35-22-12-15(32)5-7-17(22)27/h4-9,11-12,19,31-32H,1-3,10,28-29H2/t19-/m0/s1. The summed E-state index contributed by atoms with van der Waals surface area (Å²) < 4.78 is 12.1. The lowest BCUT2D eigenvalue weighted by Crippen LogP contribution is -2.33. The van der Waals surface area contributed by atoms with E-state index in [0.717, 1.165) is 0 Å². The first-order valence-corrected chi connectivity index (χ1v) is 12.1. The number of carbonyl (C=O) groups is 2. The number of esters is 1. The molecular formula is C27H23N3O6S. The van der Waals surface area contributed by atoms with Crippen LogP contribution in [0.3, 0.4) is 0 Å². The molecule has 0 saturated carbocycles. The minimum absolute atomic E-state index is 0.00382. The van der Waals surface area contributed by atoms with Crippen LogP contribution >= 0.6 is 12.2 Å². The summed E-state index contributed by atoms with van der Waals surface area (Å²) in [6, 6.07) is 11.2. The molecule has 0 bridgehead atoms. The maximum Gasteiger partial charge on any atom is 0.341 e. The van der Waals surface area contributed by atoms with Crippen molar-refractivity contribution < 1.29 is 29.3 Å². The number of ketones is 1. The predicted octanol–water partition coefficient (Wildman–Crippen LogP) is 4.04. The van der Waals surface area contributed by atoms with Gasteiger partial charge in [-0.05, 0) is 61.9 Å². The third-order valence-electron chi connectivity index (χ3n) is 6.64. The lowest BCUT2D eigenvalue weighted by Gasteiger charge is -2.36. The highest BCUT2D eigenvalue weighted by Crippen LogP contribution is 2.58. The molecule has 0 aromatic heterocycles. The number of ether oxygens (including phenoxy) is 2. The molecule has 37 heavy (non-hydrogen) atoms. The number of fused-ring (bicyclic) bond motifs is 6. The van der Waals surface area contributed by atoms with E-state index in [4.69, 9.17) is 33.2 Å². The van der Waals surface area contributed by atoms with Crippen LogP contribution in [0.4, 0.5) is 5.69 Å². The van der Waals surface area contributed by atoms with Crippen molar-refractivity contribution in [2.75, 3.05) is 6.54 Å². The second-order valence-corrected chi connectivity index (χ2v) is 9.06. The van der Waals surface area contributed by atoms with Gasteiger partial charge in [0.2, 0.25) is 0 Å². The first-order valence-electron chi connectivity index (χ1n) is 11.6. The van der Waals surface area contributed by atoms with Gasteiger partial charge in [-0.1, -0.05) is 12.5 Å². The molecule has 6 N–H and O–H groups in total. The smallest absolute Gasteiger partial charge is 0.341 e. The number of hydrogen-bond donors (Lipinski definition) is 4. The third kappa shape index (κ3) is 3.87. The molecule has 0 amide bonds. The molecule has 1 spiro atoms. The molecule has 1 atom stereocenters. The number of rotatable bonds is 7. The fourth-order valence-corrected chi connectivity index (χ4v) is 5.09. The van der Waals surface area contributed by atoms with E-state index in [0.29, 0.717) is 42.5 Å². The van der Waals surface area contributed by atoms with Crippen LogP contribution in [-0.4, -0.2) is 39.7 Å². The van der Waals surface area contributed by atoms with Crippen molar-refractivity contribution in [1.82, 2.24) is 0 Å². The molecule has 5 rings (SSSR count). The van der Waals surface area contributed by atoms with Crippen molar-refractivity contribution in [1.29, 1.82) is 0 Å². The molecular weight excluding hydrogens is 494 g/mol. The highest BCUT2D eigenvalue weighted by molar-refractivity contribution is 7.78. The monoisotopic (exact) mass is 517 g/mol. The van der Waals surface area contributed by atoms with Gasteiger partial charge in [-0.2, -0.15) is 4.99 Å². The minimum atomic E-state index is -1.52. The zero-order valence-corrected chi connectivity index (χ0v) is 20.4. The van der Waals surface area contributed by atoms with Gasteiger partial charge in [0.05, 0.1) is 28.0 Å². The van der Waals surface area contributed by atoms with Crippen molar-refractivity contribution >= 4 is 34.8 Å². The maximum atomic E-state index is 13.6. The van der Waals surface area contributed by atoms with Gasteiger partial charge in [0, 0.05) is 28.8 Å². The van der Waals surface area contributed by atoms with Crippen molar-refractivity contribution in [2.24, 2.45) is 16.5 Å². The Labute approximate surface area is 217 Å². The second-order valence-electron chi connectivity index (χ2n) is 8.87. The van der Waals surface area contributed by atoms with Gasteiger partial charge in [-0.25, -0.2) is 4.79 Å². The number of aliphatic imine (C=N–C) groups is 1. The van der Waals surface area contributed by atoms with E-state index in [1.165, 1.54) is 24.3 Å². The van der Waals surface area contributed by atoms with Gasteiger partial charge in [-0.15, -0.1) is 0 Å². The van der Waals surface area contributed by atoms with Crippen LogP contribution in [0.5, 0.6) is 23.0 Å². The van der Waals surface area contributed by atoms with Gasteiger partial charge in [-0.3, -0.25) is 4.79 Å². The SMILES string of the molecule is NCCCC[C@H](N)C(=O)c1c(N=C=S)ccc2c1C(=O)OC21c2ccc(O)cc2Oc2cc(O)ccc21. The van der Waals surface area contributed by atoms with E-state index in [1.807, 2.05) is 0 Å². The molecule has 0 radical (unpaired) electrons. The highest BCUT2D eigenvalue weighted by Gasteiger charge is 2.55. The van der Waals surface area contributed by atoms with E-state index in [-0.39, 0.29) is 39.8 Å². The van der Waals surface area contributed by atoms with Crippen LogP contribution in [0.2, 0.25) is 0 Å². The van der Waals surface area contributed by atoms with E-state index in [1.54, 1.807) is 24.3 Å². The quantitative estimate of drug-likeness (QED) is 0.119. The number of thiocarbonyl (C=S) groups is 1. The third-order valence-corrected chi connectivity index (χ3v) is 6.73. The zero-order chi connectivity index (χ0) is 26.3. The maximum absolute atomic E-state index is 13.6. The topological polar surface area (TPSA) is 157 Å². The summed E-state index contributed by atoms with van der Waals surface area (Å²) in [6.45, 7) is 0.475. The van der Waals surface area contributed by atoms with Crippen molar-refractivity contribution in [2.45, 2.75) is 30.9 Å². The average molecular weight is 518 g/mol. The summed E-state index contributed by atoms with van der Waals surface area (Å²) >= 11 is 4.78. The van der Waals surface area contributed by atoms with Crippen LogP contribution in [-0.2, 0) is 10.3 Å². The molecule has 10 heteroatoms. The number of benzene rings is 3. The average Bonchev–Trinajstić information content (AvgIpc) is 3.16. The molecule has 188 valence electrons. The first kappa shape index (κ1) is 24.6. The Bertz CT molecular complexity index is 1450.